The quantitative estimate of drug-likeness (QED) is 0.313. The van der Waals surface area contributed by atoms with Gasteiger partial charge in [-0.05, 0) is 29.2 Å². The first-order chi connectivity index (χ1) is 12.8. The second kappa shape index (κ2) is 11.4. The molecule has 3 aromatic rings. The maximum absolute atomic E-state index is 4.32. The van der Waals surface area contributed by atoms with Gasteiger partial charge in [0.15, 0.2) is 5.96 Å². The molecule has 0 radical (unpaired) electrons. The van der Waals surface area contributed by atoms with E-state index in [1.165, 1.54) is 16.7 Å². The molecule has 5 nitrogen and oxygen atoms in total. The summed E-state index contributed by atoms with van der Waals surface area (Å²) in [7, 11) is 1.80. The summed E-state index contributed by atoms with van der Waals surface area (Å²) in [6.07, 6.45) is 4.76. The van der Waals surface area contributed by atoms with Gasteiger partial charge in [-0.2, -0.15) is 5.10 Å². The standard InChI is InChI=1S/C21H25N5.HI/c1-22-21(23-14-12-18-8-3-2-4-9-18)24-16-19-10-5-6-11-20(19)17-26-15-7-13-25-26;/h2-11,13,15H,12,14,16-17H2,1H3,(H2,22,23,24);1H. The second-order valence-corrected chi connectivity index (χ2v) is 6.06. The molecule has 2 aromatic carbocycles. The summed E-state index contributed by atoms with van der Waals surface area (Å²) >= 11 is 0. The molecule has 0 bridgehead atoms. The predicted octanol–water partition coefficient (Wildman–Crippen LogP) is 3.46. The van der Waals surface area contributed by atoms with Crippen LogP contribution >= 0.6 is 24.0 Å². The second-order valence-electron chi connectivity index (χ2n) is 6.06. The highest BCUT2D eigenvalue weighted by atomic mass is 127. The highest BCUT2D eigenvalue weighted by Crippen LogP contribution is 2.10. The molecule has 6 heteroatoms. The Balaban J connectivity index is 0.00000261. The Bertz CT molecular complexity index is 816. The summed E-state index contributed by atoms with van der Waals surface area (Å²) in [5.41, 5.74) is 3.82. The monoisotopic (exact) mass is 475 g/mol. The fraction of sp³-hybridized carbons (Fsp3) is 0.238. The van der Waals surface area contributed by atoms with E-state index in [1.807, 2.05) is 23.0 Å². The normalized spacial score (nSPS) is 10.9. The van der Waals surface area contributed by atoms with Crippen LogP contribution in [0.1, 0.15) is 16.7 Å². The molecular weight excluding hydrogens is 449 g/mol. The van der Waals surface area contributed by atoms with Crippen molar-refractivity contribution < 1.29 is 0 Å². The lowest BCUT2D eigenvalue weighted by Crippen LogP contribution is -2.38. The van der Waals surface area contributed by atoms with Crippen molar-refractivity contribution in [2.45, 2.75) is 19.5 Å². The van der Waals surface area contributed by atoms with Gasteiger partial charge in [0.1, 0.15) is 0 Å². The summed E-state index contributed by atoms with van der Waals surface area (Å²) in [5.74, 6) is 0.815. The molecule has 0 amide bonds. The largest absolute Gasteiger partial charge is 0.356 e. The Kier molecular flexibility index (Phi) is 8.83. The Morgan fingerprint density at radius 2 is 1.70 bits per heavy atom. The number of hydrogen-bond donors (Lipinski definition) is 2. The summed E-state index contributed by atoms with van der Waals surface area (Å²) in [6.45, 7) is 2.34. The van der Waals surface area contributed by atoms with Crippen LogP contribution in [0.25, 0.3) is 0 Å². The molecule has 0 saturated carbocycles. The van der Waals surface area contributed by atoms with Crippen LogP contribution in [0.15, 0.2) is 78.0 Å². The van der Waals surface area contributed by atoms with Crippen molar-refractivity contribution in [3.63, 3.8) is 0 Å². The molecule has 0 aliphatic rings. The smallest absolute Gasteiger partial charge is 0.191 e. The Morgan fingerprint density at radius 3 is 2.41 bits per heavy atom. The van der Waals surface area contributed by atoms with Gasteiger partial charge < -0.3 is 10.6 Å². The number of rotatable bonds is 7. The zero-order valence-corrected chi connectivity index (χ0v) is 17.8. The average molecular weight is 475 g/mol. The number of halogens is 1. The molecule has 1 heterocycles. The fourth-order valence-electron chi connectivity index (χ4n) is 2.82. The van der Waals surface area contributed by atoms with Gasteiger partial charge >= 0.3 is 0 Å². The molecule has 0 saturated heterocycles. The van der Waals surface area contributed by atoms with Gasteiger partial charge in [0.25, 0.3) is 0 Å². The number of nitrogens with one attached hydrogen (secondary N) is 2. The third-order valence-electron chi connectivity index (χ3n) is 4.23. The summed E-state index contributed by atoms with van der Waals surface area (Å²) < 4.78 is 1.94. The summed E-state index contributed by atoms with van der Waals surface area (Å²) in [5, 5.41) is 11.1. The molecule has 27 heavy (non-hydrogen) atoms. The lowest BCUT2D eigenvalue weighted by atomic mass is 10.1. The molecule has 0 fully saturated rings. The number of nitrogens with zero attached hydrogens (tertiary/aromatic N) is 3. The van der Waals surface area contributed by atoms with Crippen molar-refractivity contribution in [2.24, 2.45) is 4.99 Å². The van der Waals surface area contributed by atoms with Crippen molar-refractivity contribution in [1.82, 2.24) is 20.4 Å². The first-order valence-corrected chi connectivity index (χ1v) is 8.88. The van der Waals surface area contributed by atoms with Gasteiger partial charge in [-0.3, -0.25) is 9.67 Å². The number of hydrogen-bond acceptors (Lipinski definition) is 2. The highest BCUT2D eigenvalue weighted by molar-refractivity contribution is 14.0. The van der Waals surface area contributed by atoms with Crippen LogP contribution in [-0.2, 0) is 19.5 Å². The topological polar surface area (TPSA) is 54.2 Å². The van der Waals surface area contributed by atoms with Crippen LogP contribution in [0.4, 0.5) is 0 Å². The molecule has 142 valence electrons. The maximum atomic E-state index is 4.32. The van der Waals surface area contributed by atoms with E-state index in [2.05, 4.69) is 69.3 Å². The molecule has 0 atom stereocenters. The molecular formula is C21H26IN5. The van der Waals surface area contributed by atoms with Crippen LogP contribution in [0, 0.1) is 0 Å². The van der Waals surface area contributed by atoms with Crippen LogP contribution in [0.2, 0.25) is 0 Å². The van der Waals surface area contributed by atoms with Crippen LogP contribution in [0.5, 0.6) is 0 Å². The van der Waals surface area contributed by atoms with Crippen molar-refractivity contribution in [3.8, 4) is 0 Å². The van der Waals surface area contributed by atoms with Crippen LogP contribution < -0.4 is 10.6 Å². The zero-order chi connectivity index (χ0) is 18.0. The van der Waals surface area contributed by atoms with Crippen molar-refractivity contribution in [1.29, 1.82) is 0 Å². The molecule has 2 N–H and O–H groups in total. The minimum atomic E-state index is 0. The average Bonchev–Trinajstić information content (AvgIpc) is 3.19. The van der Waals surface area contributed by atoms with Crippen molar-refractivity contribution in [3.05, 3.63) is 89.7 Å². The highest BCUT2D eigenvalue weighted by Gasteiger charge is 2.04. The van der Waals surface area contributed by atoms with Crippen molar-refractivity contribution >= 4 is 29.9 Å². The fourth-order valence-corrected chi connectivity index (χ4v) is 2.82. The molecule has 0 aliphatic carbocycles. The molecule has 0 aliphatic heterocycles. The zero-order valence-electron chi connectivity index (χ0n) is 15.5. The van der Waals surface area contributed by atoms with E-state index < -0.39 is 0 Å². The van der Waals surface area contributed by atoms with Gasteiger partial charge in [-0.15, -0.1) is 24.0 Å². The maximum Gasteiger partial charge on any atom is 0.191 e. The number of guanidine groups is 1. The van der Waals surface area contributed by atoms with E-state index in [0.717, 1.165) is 32.0 Å². The van der Waals surface area contributed by atoms with E-state index in [0.29, 0.717) is 0 Å². The molecule has 3 rings (SSSR count). The minimum Gasteiger partial charge on any atom is -0.356 e. The minimum absolute atomic E-state index is 0. The van der Waals surface area contributed by atoms with Gasteiger partial charge in [0.05, 0.1) is 6.54 Å². The summed E-state index contributed by atoms with van der Waals surface area (Å²) in [4.78, 5) is 4.32. The van der Waals surface area contributed by atoms with E-state index in [4.69, 9.17) is 0 Å². The number of benzene rings is 2. The third-order valence-corrected chi connectivity index (χ3v) is 4.23. The van der Waals surface area contributed by atoms with Crippen molar-refractivity contribution in [2.75, 3.05) is 13.6 Å². The Labute approximate surface area is 177 Å². The van der Waals surface area contributed by atoms with Crippen LogP contribution in [0.3, 0.4) is 0 Å². The van der Waals surface area contributed by atoms with E-state index >= 15 is 0 Å². The van der Waals surface area contributed by atoms with Gasteiger partial charge in [0.2, 0.25) is 0 Å². The lowest BCUT2D eigenvalue weighted by molar-refractivity contribution is 0.677. The molecule has 0 spiro atoms. The Morgan fingerprint density at radius 1 is 0.963 bits per heavy atom. The molecule has 1 aromatic heterocycles. The predicted molar refractivity (Wildman–Crippen MR) is 122 cm³/mol. The molecule has 0 unspecified atom stereocenters. The number of aromatic nitrogens is 2. The third kappa shape index (κ3) is 6.71. The summed E-state index contributed by atoms with van der Waals surface area (Å²) in [6, 6.07) is 20.8. The van der Waals surface area contributed by atoms with Gasteiger partial charge in [-0.25, -0.2) is 0 Å². The van der Waals surface area contributed by atoms with E-state index in [-0.39, 0.29) is 24.0 Å². The SMILES string of the molecule is CN=C(NCCc1ccccc1)NCc1ccccc1Cn1cccn1.I. The van der Waals surface area contributed by atoms with E-state index in [1.54, 1.807) is 13.2 Å². The first kappa shape index (κ1) is 21.0. The number of aliphatic imine (C=N–C) groups is 1. The van der Waals surface area contributed by atoms with Gasteiger partial charge in [0, 0.05) is 32.5 Å². The first-order valence-electron chi connectivity index (χ1n) is 8.88. The van der Waals surface area contributed by atoms with Crippen LogP contribution in [-0.4, -0.2) is 29.3 Å². The van der Waals surface area contributed by atoms with Gasteiger partial charge in [-0.1, -0.05) is 54.6 Å². The lowest BCUT2D eigenvalue weighted by Gasteiger charge is -2.14. The van der Waals surface area contributed by atoms with E-state index in [9.17, 15) is 0 Å². The Hall–Kier alpha value is -2.35.